The van der Waals surface area contributed by atoms with Gasteiger partial charge in [0.1, 0.15) is 6.61 Å². The van der Waals surface area contributed by atoms with E-state index >= 15 is 0 Å². The Morgan fingerprint density at radius 3 is 2.46 bits per heavy atom. The molecule has 252 valence electrons. The minimum atomic E-state index is -0.818. The van der Waals surface area contributed by atoms with Crippen molar-refractivity contribution in [3.05, 3.63) is 112 Å². The molecule has 12 heteroatoms. The number of rotatable bonds is 12. The topological polar surface area (TPSA) is 97.6 Å². The Kier molecular flexibility index (Phi) is 11.3. The van der Waals surface area contributed by atoms with Gasteiger partial charge in [0.25, 0.3) is 5.56 Å². The van der Waals surface area contributed by atoms with Crippen LogP contribution in [0.25, 0.3) is 6.08 Å². The number of esters is 1. The first-order chi connectivity index (χ1) is 23.0. The molecule has 48 heavy (non-hydrogen) atoms. The molecule has 1 atom stereocenters. The molecule has 0 fully saturated rings. The van der Waals surface area contributed by atoms with Gasteiger partial charge in [-0.3, -0.25) is 9.36 Å². The first-order valence-electron chi connectivity index (χ1n) is 15.4. The molecule has 1 aliphatic rings. The van der Waals surface area contributed by atoms with E-state index in [1.165, 1.54) is 15.9 Å². The van der Waals surface area contributed by atoms with E-state index in [-0.39, 0.29) is 23.8 Å². The fourth-order valence-corrected chi connectivity index (χ4v) is 6.86. The van der Waals surface area contributed by atoms with Crippen molar-refractivity contribution in [2.24, 2.45) is 4.99 Å². The highest BCUT2D eigenvalue weighted by Crippen LogP contribution is 2.38. The molecule has 0 radical (unpaired) electrons. The molecule has 0 amide bonds. The maximum Gasteiger partial charge on any atom is 0.338 e. The highest BCUT2D eigenvalue weighted by molar-refractivity contribution is 9.10. The predicted molar refractivity (Wildman–Crippen MR) is 190 cm³/mol. The standard InChI is InChI=1S/C36H36BrClN2O7S/c1-7-44-29-16-23(15-26(38)33(29)46-19-22-9-12-25(37)13-10-22)17-30-34(41)40-32(24-11-14-27(47-20(3)4)28(18-24)43-6)31(35(42)45-8-2)21(5)39-36(40)48-30/h9-18,20,32H,7-8,19H2,1-6H3/b30-17-/t32-/m0/s1. The molecule has 4 aromatic rings. The number of carbonyl (C=O) groups is 1. The molecule has 1 aliphatic heterocycles. The highest BCUT2D eigenvalue weighted by Gasteiger charge is 2.34. The molecule has 0 aliphatic carbocycles. The zero-order chi connectivity index (χ0) is 34.5. The molecule has 0 N–H and O–H groups in total. The van der Waals surface area contributed by atoms with Gasteiger partial charge < -0.3 is 23.7 Å². The SMILES string of the molecule is CCOC(=O)C1=C(C)N=c2s/c(=C\c3cc(Cl)c(OCc4ccc(Br)cc4)c(OCC)c3)c(=O)n2[C@H]1c1ccc(OC(C)C)c(OC)c1. The first-order valence-corrected chi connectivity index (χ1v) is 17.4. The summed E-state index contributed by atoms with van der Waals surface area (Å²) in [5.74, 6) is 1.34. The number of thiazole rings is 1. The number of allylic oxidation sites excluding steroid dienone is 1. The molecule has 0 spiro atoms. The molecule has 0 saturated heterocycles. The summed E-state index contributed by atoms with van der Waals surface area (Å²) < 4.78 is 31.9. The molecule has 5 rings (SSSR count). The molecule has 9 nitrogen and oxygen atoms in total. The molecular weight excluding hydrogens is 720 g/mol. The summed E-state index contributed by atoms with van der Waals surface area (Å²) in [7, 11) is 1.55. The second-order valence-corrected chi connectivity index (χ2v) is 13.4. The average molecular weight is 756 g/mol. The van der Waals surface area contributed by atoms with Crippen molar-refractivity contribution < 1.29 is 28.5 Å². The normalized spacial score (nSPS) is 14.4. The predicted octanol–water partition coefficient (Wildman–Crippen LogP) is 6.99. The van der Waals surface area contributed by atoms with Crippen LogP contribution in [0.3, 0.4) is 0 Å². The summed E-state index contributed by atoms with van der Waals surface area (Å²) in [4.78, 5) is 32.7. The number of methoxy groups -OCH3 is 1. The second-order valence-electron chi connectivity index (χ2n) is 11.1. The maximum absolute atomic E-state index is 14.2. The van der Waals surface area contributed by atoms with Crippen molar-refractivity contribution in [2.45, 2.75) is 53.4 Å². The van der Waals surface area contributed by atoms with Crippen molar-refractivity contribution in [1.82, 2.24) is 4.57 Å². The molecular formula is C36H36BrClN2O7S. The monoisotopic (exact) mass is 754 g/mol. The fraction of sp³-hybridized carbons (Fsp3) is 0.306. The van der Waals surface area contributed by atoms with E-state index in [2.05, 4.69) is 20.9 Å². The smallest absolute Gasteiger partial charge is 0.338 e. The van der Waals surface area contributed by atoms with Crippen LogP contribution in [0.5, 0.6) is 23.0 Å². The van der Waals surface area contributed by atoms with Crippen molar-refractivity contribution >= 4 is 50.9 Å². The Labute approximate surface area is 296 Å². The number of ether oxygens (including phenoxy) is 5. The Hall–Kier alpha value is -4.06. The number of carbonyl (C=O) groups excluding carboxylic acids is 1. The minimum Gasteiger partial charge on any atom is -0.493 e. The maximum atomic E-state index is 14.2. The number of nitrogens with zero attached hydrogens (tertiary/aromatic N) is 2. The Balaban J connectivity index is 1.60. The molecule has 2 heterocycles. The highest BCUT2D eigenvalue weighted by atomic mass is 79.9. The lowest BCUT2D eigenvalue weighted by Gasteiger charge is -2.25. The zero-order valence-corrected chi connectivity index (χ0v) is 30.6. The summed E-state index contributed by atoms with van der Waals surface area (Å²) in [6.07, 6.45) is 1.65. The first kappa shape index (κ1) is 35.3. The second kappa shape index (κ2) is 15.4. The molecule has 3 aromatic carbocycles. The number of hydrogen-bond acceptors (Lipinski definition) is 9. The number of halogens is 2. The van der Waals surface area contributed by atoms with E-state index in [0.717, 1.165) is 10.0 Å². The van der Waals surface area contributed by atoms with Crippen molar-refractivity contribution in [3.63, 3.8) is 0 Å². The van der Waals surface area contributed by atoms with E-state index in [1.807, 2.05) is 51.1 Å². The number of hydrogen-bond donors (Lipinski definition) is 0. The van der Waals surface area contributed by atoms with Crippen LogP contribution < -0.4 is 33.8 Å². The lowest BCUT2D eigenvalue weighted by atomic mass is 9.95. The van der Waals surface area contributed by atoms with Crippen LogP contribution in [-0.4, -0.2) is 37.0 Å². The van der Waals surface area contributed by atoms with E-state index < -0.39 is 12.0 Å². The Bertz CT molecular complexity index is 2040. The molecule has 0 saturated carbocycles. The van der Waals surface area contributed by atoms with Gasteiger partial charge in [0.2, 0.25) is 0 Å². The van der Waals surface area contributed by atoms with Gasteiger partial charge in [-0.15, -0.1) is 0 Å². The quantitative estimate of drug-likeness (QED) is 0.144. The summed E-state index contributed by atoms with van der Waals surface area (Å²) in [6, 6.07) is 15.9. The van der Waals surface area contributed by atoms with Gasteiger partial charge in [-0.25, -0.2) is 9.79 Å². The minimum absolute atomic E-state index is 0.0800. The van der Waals surface area contributed by atoms with Crippen molar-refractivity contribution in [3.8, 4) is 23.0 Å². The van der Waals surface area contributed by atoms with Crippen LogP contribution >= 0.6 is 38.9 Å². The largest absolute Gasteiger partial charge is 0.493 e. The van der Waals surface area contributed by atoms with Gasteiger partial charge in [0.05, 0.1) is 53.3 Å². The van der Waals surface area contributed by atoms with Gasteiger partial charge in [0, 0.05) is 4.47 Å². The van der Waals surface area contributed by atoms with Crippen LogP contribution in [0.2, 0.25) is 5.02 Å². The van der Waals surface area contributed by atoms with Crippen molar-refractivity contribution in [2.75, 3.05) is 20.3 Å². The Morgan fingerprint density at radius 1 is 1.04 bits per heavy atom. The lowest BCUT2D eigenvalue weighted by molar-refractivity contribution is -0.139. The zero-order valence-electron chi connectivity index (χ0n) is 27.5. The van der Waals surface area contributed by atoms with Gasteiger partial charge in [-0.2, -0.15) is 0 Å². The van der Waals surface area contributed by atoms with Crippen LogP contribution in [0, 0.1) is 0 Å². The van der Waals surface area contributed by atoms with Gasteiger partial charge >= 0.3 is 5.97 Å². The van der Waals surface area contributed by atoms with E-state index in [4.69, 9.17) is 35.3 Å². The van der Waals surface area contributed by atoms with E-state index in [9.17, 15) is 9.59 Å². The Morgan fingerprint density at radius 2 is 1.79 bits per heavy atom. The number of fused-ring (bicyclic) bond motifs is 1. The molecule has 0 unspecified atom stereocenters. The van der Waals surface area contributed by atoms with Crippen LogP contribution in [-0.2, 0) is 16.1 Å². The van der Waals surface area contributed by atoms with Crippen LogP contribution in [0.4, 0.5) is 0 Å². The third kappa shape index (κ3) is 7.64. The third-order valence-electron chi connectivity index (χ3n) is 7.31. The summed E-state index contributed by atoms with van der Waals surface area (Å²) in [6.45, 7) is 10.0. The van der Waals surface area contributed by atoms with Gasteiger partial charge in [-0.1, -0.05) is 57.1 Å². The van der Waals surface area contributed by atoms with E-state index in [0.29, 0.717) is 67.4 Å². The molecule has 0 bridgehead atoms. The van der Waals surface area contributed by atoms with Crippen molar-refractivity contribution in [1.29, 1.82) is 0 Å². The average Bonchev–Trinajstić information content (AvgIpc) is 3.34. The van der Waals surface area contributed by atoms with Crippen LogP contribution in [0.1, 0.15) is 57.4 Å². The number of aromatic nitrogens is 1. The van der Waals surface area contributed by atoms with Gasteiger partial charge in [0.15, 0.2) is 27.8 Å². The van der Waals surface area contributed by atoms with Gasteiger partial charge in [-0.05, 0) is 93.8 Å². The van der Waals surface area contributed by atoms with E-state index in [1.54, 1.807) is 51.3 Å². The summed E-state index contributed by atoms with van der Waals surface area (Å²) in [5, 5.41) is 0.339. The summed E-state index contributed by atoms with van der Waals surface area (Å²) in [5.41, 5.74) is 2.64. The van der Waals surface area contributed by atoms with Crippen LogP contribution in [0.15, 0.2) is 80.1 Å². The third-order valence-corrected chi connectivity index (χ3v) is 9.10. The fourth-order valence-electron chi connectivity index (χ4n) is 5.27. The molecule has 1 aromatic heterocycles. The number of benzene rings is 3. The lowest BCUT2D eigenvalue weighted by Crippen LogP contribution is -2.40. The summed E-state index contributed by atoms with van der Waals surface area (Å²) >= 11 is 11.4.